The lowest BCUT2D eigenvalue weighted by Gasteiger charge is -2.16. The number of hydrogen-bond donors (Lipinski definition) is 2. The van der Waals surface area contributed by atoms with Crippen LogP contribution in [-0.2, 0) is 4.79 Å². The number of rotatable bonds is 13. The van der Waals surface area contributed by atoms with E-state index in [1.54, 1.807) is 6.08 Å². The van der Waals surface area contributed by atoms with Crippen LogP contribution in [0.15, 0.2) is 17.3 Å². The van der Waals surface area contributed by atoms with E-state index in [2.05, 4.69) is 12.1 Å². The summed E-state index contributed by atoms with van der Waals surface area (Å²) < 4.78 is 13.9. The van der Waals surface area contributed by atoms with Gasteiger partial charge in [0.05, 0.1) is 5.71 Å². The molecule has 0 unspecified atom stereocenters. The summed E-state index contributed by atoms with van der Waals surface area (Å²) in [5.41, 5.74) is 0.835. The molecule has 1 aliphatic carbocycles. The van der Waals surface area contributed by atoms with E-state index in [0.29, 0.717) is 12.8 Å². The zero-order chi connectivity index (χ0) is 18.5. The molecule has 3 atom stereocenters. The molecule has 0 aliphatic heterocycles. The van der Waals surface area contributed by atoms with Crippen molar-refractivity contribution in [3.63, 3.8) is 0 Å². The highest BCUT2D eigenvalue weighted by molar-refractivity contribution is 5.88. The van der Waals surface area contributed by atoms with E-state index in [4.69, 9.17) is 5.11 Å². The molecular formula is C20H34FNO3. The van der Waals surface area contributed by atoms with E-state index < -0.39 is 12.1 Å². The number of oxime groups is 1. The van der Waals surface area contributed by atoms with Crippen LogP contribution in [0.5, 0.6) is 0 Å². The van der Waals surface area contributed by atoms with Crippen molar-refractivity contribution in [2.24, 2.45) is 17.0 Å². The number of allylic oxidation sites excluding steroid dienone is 2. The zero-order valence-corrected chi connectivity index (χ0v) is 15.5. The van der Waals surface area contributed by atoms with Crippen molar-refractivity contribution in [2.45, 2.75) is 90.1 Å². The van der Waals surface area contributed by atoms with E-state index in [9.17, 15) is 14.4 Å². The van der Waals surface area contributed by atoms with Crippen LogP contribution >= 0.6 is 0 Å². The van der Waals surface area contributed by atoms with Crippen molar-refractivity contribution >= 4 is 11.7 Å². The predicted molar refractivity (Wildman–Crippen MR) is 99.0 cm³/mol. The molecule has 0 radical (unpaired) electrons. The second-order valence-electron chi connectivity index (χ2n) is 7.14. The van der Waals surface area contributed by atoms with Gasteiger partial charge in [-0.15, -0.1) is 0 Å². The molecule has 144 valence electrons. The maximum atomic E-state index is 13.9. The first kappa shape index (κ1) is 21.7. The number of hydrogen-bond acceptors (Lipinski definition) is 3. The van der Waals surface area contributed by atoms with Crippen molar-refractivity contribution in [1.82, 2.24) is 0 Å². The van der Waals surface area contributed by atoms with E-state index in [-0.39, 0.29) is 18.3 Å². The Labute approximate surface area is 151 Å². The summed E-state index contributed by atoms with van der Waals surface area (Å²) in [4.78, 5) is 10.5. The Morgan fingerprint density at radius 2 is 2.04 bits per heavy atom. The molecule has 1 rings (SSSR count). The van der Waals surface area contributed by atoms with Crippen molar-refractivity contribution in [1.29, 1.82) is 0 Å². The molecule has 0 bridgehead atoms. The minimum atomic E-state index is -0.877. The average molecular weight is 355 g/mol. The molecule has 5 heteroatoms. The van der Waals surface area contributed by atoms with Crippen LogP contribution < -0.4 is 0 Å². The topological polar surface area (TPSA) is 69.9 Å². The Bertz CT molecular complexity index is 437. The van der Waals surface area contributed by atoms with Crippen LogP contribution in [0.4, 0.5) is 4.39 Å². The molecular weight excluding hydrogens is 321 g/mol. The maximum Gasteiger partial charge on any atom is 0.303 e. The van der Waals surface area contributed by atoms with Crippen LogP contribution in [0.2, 0.25) is 0 Å². The minimum absolute atomic E-state index is 0.198. The Morgan fingerprint density at radius 3 is 2.72 bits per heavy atom. The van der Waals surface area contributed by atoms with Crippen LogP contribution in [0.25, 0.3) is 0 Å². The van der Waals surface area contributed by atoms with Gasteiger partial charge in [-0.2, -0.15) is 0 Å². The summed E-state index contributed by atoms with van der Waals surface area (Å²) >= 11 is 0. The summed E-state index contributed by atoms with van der Waals surface area (Å²) in [5.74, 6) is -0.284. The first-order valence-corrected chi connectivity index (χ1v) is 9.83. The van der Waals surface area contributed by atoms with Crippen molar-refractivity contribution in [3.05, 3.63) is 12.2 Å². The fourth-order valence-electron chi connectivity index (χ4n) is 3.63. The Balaban J connectivity index is 2.38. The van der Waals surface area contributed by atoms with Gasteiger partial charge >= 0.3 is 5.97 Å². The highest BCUT2D eigenvalue weighted by atomic mass is 19.1. The molecule has 4 nitrogen and oxygen atoms in total. The first-order valence-electron chi connectivity index (χ1n) is 9.83. The smallest absolute Gasteiger partial charge is 0.303 e. The molecule has 0 aromatic carbocycles. The lowest BCUT2D eigenvalue weighted by Crippen LogP contribution is -2.14. The molecule has 0 heterocycles. The second-order valence-corrected chi connectivity index (χ2v) is 7.14. The van der Waals surface area contributed by atoms with Gasteiger partial charge in [-0.1, -0.05) is 62.8 Å². The Kier molecular flexibility index (Phi) is 11.2. The SMILES string of the molecule is CCCCC[C@H](F)/C=C/[C@H]1CCC(=NO)[C@@H]1CCCCCCC(=O)O. The van der Waals surface area contributed by atoms with Gasteiger partial charge in [0.15, 0.2) is 0 Å². The van der Waals surface area contributed by atoms with E-state index in [1.165, 1.54) is 0 Å². The van der Waals surface area contributed by atoms with Gasteiger partial charge in [0.25, 0.3) is 0 Å². The summed E-state index contributed by atoms with van der Waals surface area (Å²) in [5, 5.41) is 21.3. The lowest BCUT2D eigenvalue weighted by molar-refractivity contribution is -0.137. The van der Waals surface area contributed by atoms with Crippen LogP contribution in [0, 0.1) is 11.8 Å². The minimum Gasteiger partial charge on any atom is -0.481 e. The van der Waals surface area contributed by atoms with Crippen LogP contribution in [0.3, 0.4) is 0 Å². The van der Waals surface area contributed by atoms with Crippen LogP contribution in [0.1, 0.15) is 84.0 Å². The van der Waals surface area contributed by atoms with Gasteiger partial charge < -0.3 is 10.3 Å². The molecule has 1 aliphatic rings. The largest absolute Gasteiger partial charge is 0.481 e. The second kappa shape index (κ2) is 12.9. The van der Waals surface area contributed by atoms with Gasteiger partial charge in [0, 0.05) is 12.3 Å². The molecule has 0 spiro atoms. The van der Waals surface area contributed by atoms with Gasteiger partial charge in [-0.05, 0) is 38.0 Å². The van der Waals surface area contributed by atoms with Crippen molar-refractivity contribution < 1.29 is 19.5 Å². The summed E-state index contributed by atoms with van der Waals surface area (Å²) in [7, 11) is 0. The average Bonchev–Trinajstić information content (AvgIpc) is 2.98. The number of unbranched alkanes of at least 4 members (excludes halogenated alkanes) is 5. The number of nitrogens with zero attached hydrogens (tertiary/aromatic N) is 1. The molecule has 0 aromatic rings. The van der Waals surface area contributed by atoms with Crippen molar-refractivity contribution in [3.8, 4) is 0 Å². The monoisotopic (exact) mass is 355 g/mol. The highest BCUT2D eigenvalue weighted by Gasteiger charge is 2.31. The fraction of sp³-hybridized carbons (Fsp3) is 0.800. The molecule has 0 saturated heterocycles. The molecule has 25 heavy (non-hydrogen) atoms. The Morgan fingerprint density at radius 1 is 1.28 bits per heavy atom. The van der Waals surface area contributed by atoms with Gasteiger partial charge in [0.1, 0.15) is 6.17 Å². The standard InChI is InChI=1S/C20H34FNO3/c1-2-3-6-9-17(21)14-12-16-13-15-19(22-25)18(16)10-7-4-5-8-11-20(23)24/h12,14,16-18,25H,2-11,13,15H2,1H3,(H,23,24)/b14-12+,22-19?/t16-,17-,18+/m0/s1. The first-order chi connectivity index (χ1) is 12.1. The van der Waals surface area contributed by atoms with Crippen molar-refractivity contribution in [2.75, 3.05) is 0 Å². The molecule has 0 amide bonds. The van der Waals surface area contributed by atoms with Crippen LogP contribution in [-0.4, -0.2) is 28.2 Å². The third kappa shape index (κ3) is 9.03. The molecule has 0 aromatic heterocycles. The normalized spacial score (nSPS) is 23.5. The fourth-order valence-corrected chi connectivity index (χ4v) is 3.63. The molecule has 1 fully saturated rings. The van der Waals surface area contributed by atoms with E-state index in [0.717, 1.165) is 63.5 Å². The third-order valence-corrected chi connectivity index (χ3v) is 5.11. The third-order valence-electron chi connectivity index (χ3n) is 5.11. The number of halogens is 1. The number of alkyl halides is 1. The number of aliphatic carboxylic acids is 1. The predicted octanol–water partition coefficient (Wildman–Crippen LogP) is 5.74. The lowest BCUT2D eigenvalue weighted by atomic mass is 9.89. The number of carboxylic acid groups (broad SMARTS) is 1. The maximum absolute atomic E-state index is 13.9. The van der Waals surface area contributed by atoms with E-state index >= 15 is 0 Å². The van der Waals surface area contributed by atoms with Gasteiger partial charge in [-0.25, -0.2) is 4.39 Å². The summed E-state index contributed by atoms with van der Waals surface area (Å²) in [6.45, 7) is 2.11. The highest BCUT2D eigenvalue weighted by Crippen LogP contribution is 2.35. The Hall–Kier alpha value is -1.39. The quantitative estimate of drug-likeness (QED) is 0.191. The van der Waals surface area contributed by atoms with Gasteiger partial charge in [-0.3, -0.25) is 4.79 Å². The molecule has 2 N–H and O–H groups in total. The van der Waals surface area contributed by atoms with Gasteiger partial charge in [0.2, 0.25) is 0 Å². The summed E-state index contributed by atoms with van der Waals surface area (Å²) in [6, 6.07) is 0. The zero-order valence-electron chi connectivity index (χ0n) is 15.5. The van der Waals surface area contributed by atoms with E-state index in [1.807, 2.05) is 6.08 Å². The summed E-state index contributed by atoms with van der Waals surface area (Å²) in [6.07, 6.45) is 13.0. The number of carbonyl (C=O) groups is 1. The molecule has 1 saturated carbocycles. The number of carboxylic acids is 1.